The summed E-state index contributed by atoms with van der Waals surface area (Å²) in [5.41, 5.74) is 0. The highest BCUT2D eigenvalue weighted by atomic mass is 16.5. The van der Waals surface area contributed by atoms with E-state index in [9.17, 15) is 15.3 Å². The molecule has 0 amide bonds. The molecule has 0 spiro atoms. The summed E-state index contributed by atoms with van der Waals surface area (Å²) in [5, 5.41) is 36.7. The molecular formula is C8H14O5. The Balaban J connectivity index is 2.71. The number of aliphatic hydroxyl groups excluding tert-OH is 4. The monoisotopic (exact) mass is 190 g/mol. The molecule has 0 aliphatic carbocycles. The van der Waals surface area contributed by atoms with Gasteiger partial charge in [0.1, 0.15) is 30.5 Å². The zero-order valence-electron chi connectivity index (χ0n) is 7.08. The van der Waals surface area contributed by atoms with Gasteiger partial charge in [-0.15, -0.1) is 6.58 Å². The van der Waals surface area contributed by atoms with E-state index in [0.717, 1.165) is 0 Å². The average molecular weight is 190 g/mol. The standard InChI is InChI=1S/C8H14O5/c1-2-4-6(10)8(12)7(11)5(3-9)13-4/h2,4-12H,1,3H2/t4-,5?,6?,7+,8?/m0/s1. The van der Waals surface area contributed by atoms with E-state index in [2.05, 4.69) is 6.58 Å². The maximum atomic E-state index is 9.33. The molecule has 5 atom stereocenters. The van der Waals surface area contributed by atoms with Crippen molar-refractivity contribution in [1.29, 1.82) is 0 Å². The highest BCUT2D eigenvalue weighted by Crippen LogP contribution is 2.21. The van der Waals surface area contributed by atoms with Gasteiger partial charge in [-0.2, -0.15) is 0 Å². The van der Waals surface area contributed by atoms with E-state index in [4.69, 9.17) is 9.84 Å². The van der Waals surface area contributed by atoms with E-state index < -0.39 is 37.1 Å². The SMILES string of the molecule is C=C[C@@H]1OC(CO)[C@@H](O)C(O)C1O. The van der Waals surface area contributed by atoms with Crippen molar-refractivity contribution >= 4 is 0 Å². The molecule has 0 bridgehead atoms. The van der Waals surface area contributed by atoms with Crippen molar-refractivity contribution < 1.29 is 25.2 Å². The third-order valence-electron chi connectivity index (χ3n) is 2.16. The highest BCUT2D eigenvalue weighted by Gasteiger charge is 2.41. The second kappa shape index (κ2) is 4.17. The Bertz CT molecular complexity index is 181. The first-order valence-electron chi connectivity index (χ1n) is 4.05. The van der Waals surface area contributed by atoms with Crippen LogP contribution < -0.4 is 0 Å². The van der Waals surface area contributed by atoms with E-state index in [1.807, 2.05) is 0 Å². The molecular weight excluding hydrogens is 176 g/mol. The maximum Gasteiger partial charge on any atom is 0.112 e. The highest BCUT2D eigenvalue weighted by molar-refractivity contribution is 4.98. The zero-order valence-corrected chi connectivity index (χ0v) is 7.08. The summed E-state index contributed by atoms with van der Waals surface area (Å²) in [7, 11) is 0. The number of hydrogen-bond acceptors (Lipinski definition) is 5. The Hall–Kier alpha value is -0.460. The fourth-order valence-electron chi connectivity index (χ4n) is 1.33. The van der Waals surface area contributed by atoms with Crippen LogP contribution in [0.1, 0.15) is 0 Å². The summed E-state index contributed by atoms with van der Waals surface area (Å²) in [6.07, 6.45) is -4.08. The predicted octanol–water partition coefficient (Wildman–Crippen LogP) is -1.99. The second-order valence-electron chi connectivity index (χ2n) is 3.03. The largest absolute Gasteiger partial charge is 0.394 e. The van der Waals surface area contributed by atoms with Crippen LogP contribution >= 0.6 is 0 Å². The van der Waals surface area contributed by atoms with E-state index in [1.54, 1.807) is 0 Å². The van der Waals surface area contributed by atoms with Gasteiger partial charge in [-0.1, -0.05) is 6.08 Å². The molecule has 1 aliphatic heterocycles. The van der Waals surface area contributed by atoms with Gasteiger partial charge < -0.3 is 25.2 Å². The summed E-state index contributed by atoms with van der Waals surface area (Å²) in [6, 6.07) is 0. The van der Waals surface area contributed by atoms with E-state index in [0.29, 0.717) is 0 Å². The minimum absolute atomic E-state index is 0.407. The van der Waals surface area contributed by atoms with Crippen molar-refractivity contribution in [2.24, 2.45) is 0 Å². The van der Waals surface area contributed by atoms with Gasteiger partial charge in [0.15, 0.2) is 0 Å². The van der Waals surface area contributed by atoms with Crippen molar-refractivity contribution in [3.63, 3.8) is 0 Å². The van der Waals surface area contributed by atoms with E-state index in [1.165, 1.54) is 6.08 Å². The summed E-state index contributed by atoms with van der Waals surface area (Å²) >= 11 is 0. The smallest absolute Gasteiger partial charge is 0.112 e. The summed E-state index contributed by atoms with van der Waals surface area (Å²) in [5.74, 6) is 0. The van der Waals surface area contributed by atoms with Crippen molar-refractivity contribution in [1.82, 2.24) is 0 Å². The molecule has 1 saturated heterocycles. The number of ether oxygens (including phenoxy) is 1. The van der Waals surface area contributed by atoms with Gasteiger partial charge in [-0.25, -0.2) is 0 Å². The van der Waals surface area contributed by atoms with Crippen LogP contribution in [0.4, 0.5) is 0 Å². The van der Waals surface area contributed by atoms with Crippen LogP contribution in [0.2, 0.25) is 0 Å². The molecule has 0 radical (unpaired) electrons. The average Bonchev–Trinajstić information content (AvgIpc) is 2.15. The molecule has 0 saturated carbocycles. The van der Waals surface area contributed by atoms with Gasteiger partial charge in [-0.3, -0.25) is 0 Å². The van der Waals surface area contributed by atoms with Crippen LogP contribution in [0.5, 0.6) is 0 Å². The predicted molar refractivity (Wildman–Crippen MR) is 44.0 cm³/mol. The van der Waals surface area contributed by atoms with Gasteiger partial charge in [0, 0.05) is 0 Å². The van der Waals surface area contributed by atoms with Gasteiger partial charge >= 0.3 is 0 Å². The van der Waals surface area contributed by atoms with Crippen molar-refractivity contribution in [3.8, 4) is 0 Å². The van der Waals surface area contributed by atoms with Crippen LogP contribution in [-0.4, -0.2) is 57.6 Å². The molecule has 0 aromatic heterocycles. The number of hydrogen-bond donors (Lipinski definition) is 4. The fourth-order valence-corrected chi connectivity index (χ4v) is 1.33. The molecule has 0 aromatic carbocycles. The molecule has 1 rings (SSSR count). The Morgan fingerprint density at radius 2 is 1.77 bits per heavy atom. The Labute approximate surface area is 75.9 Å². The van der Waals surface area contributed by atoms with Gasteiger partial charge in [0.05, 0.1) is 6.61 Å². The topological polar surface area (TPSA) is 90.2 Å². The zero-order chi connectivity index (χ0) is 10.0. The lowest BCUT2D eigenvalue weighted by Crippen LogP contribution is -2.57. The molecule has 5 heteroatoms. The third kappa shape index (κ3) is 1.90. The Morgan fingerprint density at radius 1 is 1.15 bits per heavy atom. The summed E-state index contributed by atoms with van der Waals surface area (Å²) in [6.45, 7) is 3.00. The summed E-state index contributed by atoms with van der Waals surface area (Å²) < 4.78 is 5.05. The normalized spacial score (nSPS) is 46.0. The lowest BCUT2D eigenvalue weighted by atomic mass is 9.95. The molecule has 1 aliphatic rings. The van der Waals surface area contributed by atoms with Crippen molar-refractivity contribution in [2.75, 3.05) is 6.61 Å². The van der Waals surface area contributed by atoms with Crippen LogP contribution in [0.15, 0.2) is 12.7 Å². The third-order valence-corrected chi connectivity index (χ3v) is 2.16. The first-order valence-corrected chi connectivity index (χ1v) is 4.05. The molecule has 4 N–H and O–H groups in total. The first-order chi connectivity index (χ1) is 6.11. The maximum absolute atomic E-state index is 9.33. The van der Waals surface area contributed by atoms with Gasteiger partial charge in [-0.05, 0) is 0 Å². The van der Waals surface area contributed by atoms with Crippen LogP contribution in [0.25, 0.3) is 0 Å². The van der Waals surface area contributed by atoms with Crippen LogP contribution in [-0.2, 0) is 4.74 Å². The quantitative estimate of drug-likeness (QED) is 0.379. The molecule has 0 aromatic rings. The molecule has 3 unspecified atom stereocenters. The summed E-state index contributed by atoms with van der Waals surface area (Å²) in [4.78, 5) is 0. The number of rotatable bonds is 2. The second-order valence-corrected chi connectivity index (χ2v) is 3.03. The molecule has 1 heterocycles. The Morgan fingerprint density at radius 3 is 2.23 bits per heavy atom. The molecule has 76 valence electrons. The van der Waals surface area contributed by atoms with Crippen LogP contribution in [0.3, 0.4) is 0 Å². The minimum Gasteiger partial charge on any atom is -0.394 e. The fraction of sp³-hybridized carbons (Fsp3) is 0.750. The van der Waals surface area contributed by atoms with Crippen LogP contribution in [0, 0.1) is 0 Å². The number of aliphatic hydroxyl groups is 4. The molecule has 5 nitrogen and oxygen atoms in total. The van der Waals surface area contributed by atoms with Gasteiger partial charge in [0.2, 0.25) is 0 Å². The van der Waals surface area contributed by atoms with Gasteiger partial charge in [0.25, 0.3) is 0 Å². The van der Waals surface area contributed by atoms with Crippen molar-refractivity contribution in [3.05, 3.63) is 12.7 Å². The first kappa shape index (κ1) is 10.6. The molecule has 1 fully saturated rings. The van der Waals surface area contributed by atoms with E-state index in [-0.39, 0.29) is 0 Å². The lowest BCUT2D eigenvalue weighted by molar-refractivity contribution is -0.216. The Kier molecular flexibility index (Phi) is 3.40. The minimum atomic E-state index is -1.31. The lowest BCUT2D eigenvalue weighted by Gasteiger charge is -2.38. The molecule has 13 heavy (non-hydrogen) atoms. The van der Waals surface area contributed by atoms with Crippen molar-refractivity contribution in [2.45, 2.75) is 30.5 Å². The van der Waals surface area contributed by atoms with E-state index >= 15 is 0 Å².